The number of amides is 2. The van der Waals surface area contributed by atoms with E-state index in [0.717, 1.165) is 5.82 Å². The molecule has 1 aromatic rings. The number of carboxylic acids is 1. The summed E-state index contributed by atoms with van der Waals surface area (Å²) < 4.78 is 1.86. The highest BCUT2D eigenvalue weighted by molar-refractivity contribution is 5.78. The van der Waals surface area contributed by atoms with Crippen molar-refractivity contribution in [3.05, 3.63) is 18.2 Å². The van der Waals surface area contributed by atoms with Crippen LogP contribution in [0.25, 0.3) is 0 Å². The number of imidazole rings is 1. The molecule has 20 heavy (non-hydrogen) atoms. The highest BCUT2D eigenvalue weighted by Crippen LogP contribution is 2.25. The minimum absolute atomic E-state index is 0.149. The Kier molecular flexibility index (Phi) is 3.96. The highest BCUT2D eigenvalue weighted by atomic mass is 16.4. The smallest absolute Gasteiger partial charge is 0.320 e. The van der Waals surface area contributed by atoms with Gasteiger partial charge in [0, 0.05) is 39.1 Å². The highest BCUT2D eigenvalue weighted by Gasteiger charge is 2.39. The summed E-state index contributed by atoms with van der Waals surface area (Å²) in [7, 11) is 3.58. The van der Waals surface area contributed by atoms with Gasteiger partial charge in [0.15, 0.2) is 0 Å². The van der Waals surface area contributed by atoms with Crippen molar-refractivity contribution in [1.29, 1.82) is 0 Å². The number of aryl methyl sites for hydroxylation is 1. The molecule has 0 bridgehead atoms. The Bertz CT molecular complexity index is 513. The first-order chi connectivity index (χ1) is 9.41. The fourth-order valence-electron chi connectivity index (χ4n) is 2.59. The maximum atomic E-state index is 12.4. The summed E-state index contributed by atoms with van der Waals surface area (Å²) in [5.41, 5.74) is 0. The van der Waals surface area contributed by atoms with Gasteiger partial charge >= 0.3 is 12.0 Å². The van der Waals surface area contributed by atoms with E-state index >= 15 is 0 Å². The fraction of sp³-hybridized carbons (Fsp3) is 0.615. The number of rotatable bonds is 3. The van der Waals surface area contributed by atoms with Crippen molar-refractivity contribution in [2.75, 3.05) is 13.6 Å². The fourth-order valence-corrected chi connectivity index (χ4v) is 2.59. The number of nitrogens with zero attached hydrogens (tertiary/aromatic N) is 4. The summed E-state index contributed by atoms with van der Waals surface area (Å²) in [6, 6.07) is -0.423. The SMILES string of the molecule is CC1C(C(=O)O)CCN1C(=O)N(C)Cc1nccn1C. The Labute approximate surface area is 117 Å². The third kappa shape index (κ3) is 2.61. The van der Waals surface area contributed by atoms with Crippen LogP contribution in [0, 0.1) is 5.92 Å². The van der Waals surface area contributed by atoms with Gasteiger partial charge in [0.25, 0.3) is 0 Å². The van der Waals surface area contributed by atoms with Gasteiger partial charge in [-0.1, -0.05) is 0 Å². The first-order valence-electron chi connectivity index (χ1n) is 6.62. The molecule has 2 heterocycles. The van der Waals surface area contributed by atoms with Gasteiger partial charge in [-0.05, 0) is 13.3 Å². The second-order valence-corrected chi connectivity index (χ2v) is 5.26. The minimum atomic E-state index is -0.834. The van der Waals surface area contributed by atoms with Crippen molar-refractivity contribution in [3.63, 3.8) is 0 Å². The van der Waals surface area contributed by atoms with E-state index in [4.69, 9.17) is 5.11 Å². The average Bonchev–Trinajstić information content (AvgIpc) is 2.95. The number of aromatic nitrogens is 2. The van der Waals surface area contributed by atoms with E-state index in [2.05, 4.69) is 4.98 Å². The van der Waals surface area contributed by atoms with Gasteiger partial charge in [0.2, 0.25) is 0 Å². The minimum Gasteiger partial charge on any atom is -0.481 e. The first kappa shape index (κ1) is 14.4. The second kappa shape index (κ2) is 5.52. The molecule has 2 amide bonds. The molecular formula is C13H20N4O3. The lowest BCUT2D eigenvalue weighted by Crippen LogP contribution is -2.44. The van der Waals surface area contributed by atoms with E-state index in [1.807, 2.05) is 17.8 Å². The standard InChI is InChI=1S/C13H20N4O3/c1-9-10(12(18)19)4-6-17(9)13(20)16(3)8-11-14-5-7-15(11)2/h5,7,9-10H,4,6,8H2,1-3H3,(H,18,19). The third-order valence-electron chi connectivity index (χ3n) is 3.94. The van der Waals surface area contributed by atoms with Crippen molar-refractivity contribution in [2.45, 2.75) is 25.9 Å². The topological polar surface area (TPSA) is 78.7 Å². The van der Waals surface area contributed by atoms with Crippen molar-refractivity contribution >= 4 is 12.0 Å². The summed E-state index contributed by atoms with van der Waals surface area (Å²) >= 11 is 0. The van der Waals surface area contributed by atoms with Gasteiger partial charge in [-0.25, -0.2) is 9.78 Å². The lowest BCUT2D eigenvalue weighted by Gasteiger charge is -2.28. The van der Waals surface area contributed by atoms with E-state index in [-0.39, 0.29) is 12.1 Å². The molecule has 2 atom stereocenters. The summed E-state index contributed by atoms with van der Waals surface area (Å²) in [4.78, 5) is 30.9. The number of hydrogen-bond acceptors (Lipinski definition) is 3. The number of carboxylic acid groups (broad SMARTS) is 1. The predicted octanol–water partition coefficient (Wildman–Crippen LogP) is 0.767. The van der Waals surface area contributed by atoms with E-state index in [1.165, 1.54) is 0 Å². The molecule has 0 spiro atoms. The zero-order valence-electron chi connectivity index (χ0n) is 12.0. The molecule has 2 rings (SSSR count). The Morgan fingerprint density at radius 1 is 1.55 bits per heavy atom. The molecule has 1 fully saturated rings. The number of urea groups is 1. The molecule has 1 saturated heterocycles. The summed E-state index contributed by atoms with van der Waals surface area (Å²) in [5, 5.41) is 9.10. The maximum Gasteiger partial charge on any atom is 0.320 e. The molecule has 0 saturated carbocycles. The third-order valence-corrected chi connectivity index (χ3v) is 3.94. The molecule has 1 aliphatic heterocycles. The van der Waals surface area contributed by atoms with Crippen LogP contribution in [0.3, 0.4) is 0 Å². The normalized spacial score (nSPS) is 22.1. The molecule has 110 valence electrons. The quantitative estimate of drug-likeness (QED) is 0.887. The van der Waals surface area contributed by atoms with Gasteiger partial charge in [-0.3, -0.25) is 4.79 Å². The van der Waals surface area contributed by atoms with Crippen LogP contribution in [-0.4, -0.2) is 56.1 Å². The van der Waals surface area contributed by atoms with Gasteiger partial charge in [0.05, 0.1) is 12.5 Å². The molecule has 2 unspecified atom stereocenters. The number of carbonyl (C=O) groups is 2. The molecule has 1 N–H and O–H groups in total. The largest absolute Gasteiger partial charge is 0.481 e. The van der Waals surface area contributed by atoms with Crippen LogP contribution in [-0.2, 0) is 18.4 Å². The van der Waals surface area contributed by atoms with Crippen LogP contribution in [0.2, 0.25) is 0 Å². The van der Waals surface area contributed by atoms with Crippen LogP contribution in [0.5, 0.6) is 0 Å². The average molecular weight is 280 g/mol. The van der Waals surface area contributed by atoms with Crippen molar-refractivity contribution in [2.24, 2.45) is 13.0 Å². The molecular weight excluding hydrogens is 260 g/mol. The van der Waals surface area contributed by atoms with Gasteiger partial charge in [-0.15, -0.1) is 0 Å². The predicted molar refractivity (Wildman–Crippen MR) is 72.0 cm³/mol. The van der Waals surface area contributed by atoms with Crippen LogP contribution < -0.4 is 0 Å². The van der Waals surface area contributed by atoms with Gasteiger partial charge < -0.3 is 19.5 Å². The zero-order chi connectivity index (χ0) is 14.9. The van der Waals surface area contributed by atoms with Crippen molar-refractivity contribution < 1.29 is 14.7 Å². The van der Waals surface area contributed by atoms with E-state index in [9.17, 15) is 9.59 Å². The van der Waals surface area contributed by atoms with Crippen LogP contribution >= 0.6 is 0 Å². The number of carbonyl (C=O) groups excluding carboxylic acids is 1. The number of hydrogen-bond donors (Lipinski definition) is 1. The van der Waals surface area contributed by atoms with Gasteiger partial charge in [-0.2, -0.15) is 0 Å². The monoisotopic (exact) mass is 280 g/mol. The first-order valence-corrected chi connectivity index (χ1v) is 6.62. The van der Waals surface area contributed by atoms with Gasteiger partial charge in [0.1, 0.15) is 5.82 Å². The molecule has 7 heteroatoms. The number of likely N-dealkylation sites (tertiary alicyclic amines) is 1. The zero-order valence-corrected chi connectivity index (χ0v) is 12.0. The molecule has 0 aromatic carbocycles. The van der Waals surface area contributed by atoms with E-state index in [1.54, 1.807) is 30.0 Å². The summed E-state index contributed by atoms with van der Waals surface area (Å²) in [6.07, 6.45) is 4.03. The molecule has 7 nitrogen and oxygen atoms in total. The molecule has 0 aliphatic carbocycles. The van der Waals surface area contributed by atoms with Crippen LogP contribution in [0.4, 0.5) is 4.79 Å². The molecule has 0 radical (unpaired) electrons. The Morgan fingerprint density at radius 2 is 2.25 bits per heavy atom. The summed E-state index contributed by atoms with van der Waals surface area (Å²) in [5.74, 6) is -0.512. The van der Waals surface area contributed by atoms with Crippen molar-refractivity contribution in [3.8, 4) is 0 Å². The van der Waals surface area contributed by atoms with Crippen molar-refractivity contribution in [1.82, 2.24) is 19.4 Å². The Hall–Kier alpha value is -2.05. The molecule has 1 aromatic heterocycles. The lowest BCUT2D eigenvalue weighted by molar-refractivity contribution is -0.142. The second-order valence-electron chi connectivity index (χ2n) is 5.26. The van der Waals surface area contributed by atoms with E-state index < -0.39 is 11.9 Å². The molecule has 1 aliphatic rings. The summed E-state index contributed by atoms with van der Waals surface area (Å²) in [6.45, 7) is 2.68. The lowest BCUT2D eigenvalue weighted by atomic mass is 10.0. The Balaban J connectivity index is 2.01. The van der Waals surface area contributed by atoms with Crippen LogP contribution in [0.1, 0.15) is 19.2 Å². The van der Waals surface area contributed by atoms with E-state index in [0.29, 0.717) is 19.5 Å². The number of aliphatic carboxylic acids is 1. The Morgan fingerprint density at radius 3 is 2.75 bits per heavy atom. The maximum absolute atomic E-state index is 12.4. The van der Waals surface area contributed by atoms with Crippen LogP contribution in [0.15, 0.2) is 12.4 Å².